The molecule has 0 aliphatic carbocycles. The van der Waals surface area contributed by atoms with E-state index in [2.05, 4.69) is 5.32 Å². The Bertz CT molecular complexity index is 428. The molecule has 0 bridgehead atoms. The van der Waals surface area contributed by atoms with E-state index in [0.717, 1.165) is 11.4 Å². The third kappa shape index (κ3) is 1.50. The van der Waals surface area contributed by atoms with Crippen LogP contribution in [-0.4, -0.2) is 18.0 Å². The van der Waals surface area contributed by atoms with Crippen LogP contribution in [0.25, 0.3) is 0 Å². The first-order valence-electron chi connectivity index (χ1n) is 5.50. The van der Waals surface area contributed by atoms with Gasteiger partial charge >= 0.3 is 0 Å². The van der Waals surface area contributed by atoms with Crippen molar-refractivity contribution in [3.8, 4) is 0 Å². The van der Waals surface area contributed by atoms with Gasteiger partial charge in [-0.1, -0.05) is 6.07 Å². The Morgan fingerprint density at radius 1 is 1.44 bits per heavy atom. The van der Waals surface area contributed by atoms with E-state index >= 15 is 0 Å². The first kappa shape index (κ1) is 10.8. The highest BCUT2D eigenvalue weighted by atomic mass is 16.2. The van der Waals surface area contributed by atoms with E-state index in [-0.39, 0.29) is 18.0 Å². The van der Waals surface area contributed by atoms with Crippen LogP contribution < -0.4 is 16.0 Å². The highest BCUT2D eigenvalue weighted by Gasteiger charge is 2.32. The summed E-state index contributed by atoms with van der Waals surface area (Å²) in [5, 5.41) is 3.16. The van der Waals surface area contributed by atoms with E-state index in [1.807, 2.05) is 39.0 Å². The smallest absolute Gasteiger partial charge is 0.249 e. The van der Waals surface area contributed by atoms with E-state index < -0.39 is 0 Å². The van der Waals surface area contributed by atoms with Crippen molar-refractivity contribution in [3.05, 3.63) is 18.2 Å². The molecule has 3 N–H and O–H groups in total. The first-order valence-corrected chi connectivity index (χ1v) is 5.50. The van der Waals surface area contributed by atoms with Gasteiger partial charge in [0.15, 0.2) is 0 Å². The molecule has 86 valence electrons. The van der Waals surface area contributed by atoms with Gasteiger partial charge in [0.05, 0.1) is 17.1 Å². The molecule has 4 heteroatoms. The second kappa shape index (κ2) is 3.70. The minimum Gasteiger partial charge on any atom is -0.397 e. The van der Waals surface area contributed by atoms with Crippen LogP contribution in [0.4, 0.5) is 17.1 Å². The van der Waals surface area contributed by atoms with E-state index in [9.17, 15) is 4.79 Å². The lowest BCUT2D eigenvalue weighted by atomic mass is 10.1. The summed E-state index contributed by atoms with van der Waals surface area (Å²) < 4.78 is 0. The van der Waals surface area contributed by atoms with Gasteiger partial charge in [-0.2, -0.15) is 0 Å². The molecule has 0 fully saturated rings. The molecule has 16 heavy (non-hydrogen) atoms. The van der Waals surface area contributed by atoms with Crippen LogP contribution in [0.2, 0.25) is 0 Å². The predicted octanol–water partition coefficient (Wildman–Crippen LogP) is 1.82. The van der Waals surface area contributed by atoms with Gasteiger partial charge in [-0.05, 0) is 32.9 Å². The fourth-order valence-corrected chi connectivity index (χ4v) is 2.07. The molecule has 1 atom stereocenters. The Hall–Kier alpha value is -1.71. The van der Waals surface area contributed by atoms with Crippen molar-refractivity contribution >= 4 is 23.0 Å². The molecule has 1 aliphatic heterocycles. The maximum absolute atomic E-state index is 12.1. The Labute approximate surface area is 95.4 Å². The van der Waals surface area contributed by atoms with Gasteiger partial charge in [0.2, 0.25) is 5.91 Å². The summed E-state index contributed by atoms with van der Waals surface area (Å²) in [6.07, 6.45) is 0. The minimum absolute atomic E-state index is 0.0698. The Morgan fingerprint density at radius 2 is 2.12 bits per heavy atom. The summed E-state index contributed by atoms with van der Waals surface area (Å²) >= 11 is 0. The summed E-state index contributed by atoms with van der Waals surface area (Å²) in [5.74, 6) is 0.0698. The molecule has 1 aromatic carbocycles. The molecule has 0 spiro atoms. The van der Waals surface area contributed by atoms with Gasteiger partial charge in [0, 0.05) is 6.04 Å². The molecule has 0 saturated heterocycles. The highest BCUT2D eigenvalue weighted by molar-refractivity contribution is 6.08. The van der Waals surface area contributed by atoms with Crippen LogP contribution >= 0.6 is 0 Å². The Kier molecular flexibility index (Phi) is 2.50. The van der Waals surface area contributed by atoms with Gasteiger partial charge in [0.25, 0.3) is 0 Å². The van der Waals surface area contributed by atoms with Crippen molar-refractivity contribution in [2.45, 2.75) is 32.9 Å². The summed E-state index contributed by atoms with van der Waals surface area (Å²) in [7, 11) is 0. The molecule has 1 amide bonds. The van der Waals surface area contributed by atoms with E-state index in [1.54, 1.807) is 4.90 Å². The van der Waals surface area contributed by atoms with Crippen LogP contribution in [0.5, 0.6) is 0 Å². The summed E-state index contributed by atoms with van der Waals surface area (Å²) in [6, 6.07) is 5.57. The fraction of sp³-hybridized carbons (Fsp3) is 0.417. The zero-order valence-corrected chi connectivity index (χ0v) is 9.82. The monoisotopic (exact) mass is 219 g/mol. The Morgan fingerprint density at radius 3 is 2.75 bits per heavy atom. The lowest BCUT2D eigenvalue weighted by Gasteiger charge is -2.37. The predicted molar refractivity (Wildman–Crippen MR) is 66.6 cm³/mol. The number of rotatable bonds is 1. The number of benzene rings is 1. The van der Waals surface area contributed by atoms with Crippen LogP contribution in [0, 0.1) is 0 Å². The average Bonchev–Trinajstić information content (AvgIpc) is 2.20. The lowest BCUT2D eigenvalue weighted by molar-refractivity contribution is -0.119. The van der Waals surface area contributed by atoms with Gasteiger partial charge in [-0.25, -0.2) is 0 Å². The highest BCUT2D eigenvalue weighted by Crippen LogP contribution is 2.37. The maximum Gasteiger partial charge on any atom is 0.249 e. The number of carbonyl (C=O) groups excluding carboxylic acids is 1. The van der Waals surface area contributed by atoms with Crippen LogP contribution in [0.3, 0.4) is 0 Å². The molecule has 1 aromatic rings. The van der Waals surface area contributed by atoms with Crippen molar-refractivity contribution in [3.63, 3.8) is 0 Å². The molecule has 0 aromatic heterocycles. The molecule has 1 heterocycles. The third-order valence-corrected chi connectivity index (χ3v) is 2.80. The number of nitrogens with zero attached hydrogens (tertiary/aromatic N) is 1. The SMILES string of the molecule is CC1Nc2cccc(N)c2N(C(C)C)C1=O. The number of nitrogens with one attached hydrogen (secondary N) is 1. The number of nitrogen functional groups attached to an aromatic ring is 1. The van der Waals surface area contributed by atoms with Gasteiger partial charge < -0.3 is 16.0 Å². The number of nitrogens with two attached hydrogens (primary N) is 1. The van der Waals surface area contributed by atoms with Crippen molar-refractivity contribution in [2.75, 3.05) is 16.0 Å². The van der Waals surface area contributed by atoms with E-state index in [0.29, 0.717) is 5.69 Å². The Balaban J connectivity index is 2.58. The van der Waals surface area contributed by atoms with Gasteiger partial charge in [-0.3, -0.25) is 4.79 Å². The largest absolute Gasteiger partial charge is 0.397 e. The molecule has 1 aliphatic rings. The number of hydrogen-bond donors (Lipinski definition) is 2. The second-order valence-corrected chi connectivity index (χ2v) is 4.41. The number of carbonyl (C=O) groups is 1. The van der Waals surface area contributed by atoms with E-state index in [1.165, 1.54) is 0 Å². The van der Waals surface area contributed by atoms with Crippen molar-refractivity contribution < 1.29 is 4.79 Å². The van der Waals surface area contributed by atoms with Crippen molar-refractivity contribution in [1.29, 1.82) is 0 Å². The second-order valence-electron chi connectivity index (χ2n) is 4.41. The molecular weight excluding hydrogens is 202 g/mol. The zero-order valence-electron chi connectivity index (χ0n) is 9.82. The zero-order chi connectivity index (χ0) is 11.9. The maximum atomic E-state index is 12.1. The van der Waals surface area contributed by atoms with Crippen LogP contribution in [-0.2, 0) is 4.79 Å². The fourth-order valence-electron chi connectivity index (χ4n) is 2.07. The summed E-state index contributed by atoms with van der Waals surface area (Å²) in [5.41, 5.74) is 8.32. The average molecular weight is 219 g/mol. The number of amides is 1. The quantitative estimate of drug-likeness (QED) is 0.708. The topological polar surface area (TPSA) is 58.4 Å². The molecule has 0 saturated carbocycles. The van der Waals surface area contributed by atoms with Crippen LogP contribution in [0.1, 0.15) is 20.8 Å². The van der Waals surface area contributed by atoms with Gasteiger partial charge in [-0.15, -0.1) is 0 Å². The van der Waals surface area contributed by atoms with E-state index in [4.69, 9.17) is 5.73 Å². The molecule has 4 nitrogen and oxygen atoms in total. The third-order valence-electron chi connectivity index (χ3n) is 2.80. The normalized spacial score (nSPS) is 19.6. The lowest BCUT2D eigenvalue weighted by Crippen LogP contribution is -2.49. The number of hydrogen-bond acceptors (Lipinski definition) is 3. The molecule has 1 unspecified atom stereocenters. The number of fused-ring (bicyclic) bond motifs is 1. The van der Waals surface area contributed by atoms with Crippen molar-refractivity contribution in [2.24, 2.45) is 0 Å². The standard InChI is InChI=1S/C12H17N3O/c1-7(2)15-11-9(13)5-4-6-10(11)14-8(3)12(15)16/h4-8,14H,13H2,1-3H3. The molecule has 0 radical (unpaired) electrons. The number of para-hydroxylation sites is 1. The van der Waals surface area contributed by atoms with Crippen LogP contribution in [0.15, 0.2) is 18.2 Å². The first-order chi connectivity index (χ1) is 7.52. The molecular formula is C12H17N3O. The summed E-state index contributed by atoms with van der Waals surface area (Å²) in [6.45, 7) is 5.85. The van der Waals surface area contributed by atoms with Gasteiger partial charge in [0.1, 0.15) is 6.04 Å². The molecule has 2 rings (SSSR count). The minimum atomic E-state index is -0.198. The number of anilines is 3. The van der Waals surface area contributed by atoms with Crippen molar-refractivity contribution in [1.82, 2.24) is 0 Å². The summed E-state index contributed by atoms with van der Waals surface area (Å²) in [4.78, 5) is 13.9.